The molecule has 5 nitrogen and oxygen atoms in total. The molecule has 0 bridgehead atoms. The third-order valence-corrected chi connectivity index (χ3v) is 7.25. The average molecular weight is 445 g/mol. The predicted molar refractivity (Wildman–Crippen MR) is 107 cm³/mol. The summed E-state index contributed by atoms with van der Waals surface area (Å²) in [4.78, 5) is 12.6. The maximum Gasteiger partial charge on any atom is 0.243 e. The fourth-order valence-electron chi connectivity index (χ4n) is 3.32. The summed E-state index contributed by atoms with van der Waals surface area (Å²) in [7, 11) is -3.70. The van der Waals surface area contributed by atoms with Crippen LogP contribution in [0.4, 0.5) is 0 Å². The first-order chi connectivity index (χ1) is 12.4. The van der Waals surface area contributed by atoms with E-state index in [1.807, 2.05) is 0 Å². The first-order valence-electron chi connectivity index (χ1n) is 9.49. The Labute approximate surface area is 165 Å². The molecule has 1 aliphatic rings. The van der Waals surface area contributed by atoms with Crippen molar-refractivity contribution in [2.24, 2.45) is 0 Å². The zero-order valence-corrected chi connectivity index (χ0v) is 17.8. The van der Waals surface area contributed by atoms with E-state index in [-0.39, 0.29) is 23.4 Å². The van der Waals surface area contributed by atoms with Crippen LogP contribution in [0.25, 0.3) is 0 Å². The van der Waals surface area contributed by atoms with Gasteiger partial charge in [-0.05, 0) is 43.5 Å². The molecular weight excluding hydrogens is 416 g/mol. The Morgan fingerprint density at radius 1 is 1.15 bits per heavy atom. The number of amides is 1. The van der Waals surface area contributed by atoms with E-state index in [1.54, 1.807) is 24.3 Å². The summed E-state index contributed by atoms with van der Waals surface area (Å²) in [6, 6.07) is 6.52. The van der Waals surface area contributed by atoms with Crippen LogP contribution in [-0.4, -0.2) is 37.8 Å². The standard InChI is InChI=1S/C19H29BrN2O3S/c1-2-3-7-14-21-19(23)15-22(17-8-5-4-6-9-17)26(24,25)18-12-10-16(20)11-13-18/h10-13,17H,2-9,14-15H2,1H3,(H,21,23). The van der Waals surface area contributed by atoms with Crippen molar-refractivity contribution in [3.63, 3.8) is 0 Å². The minimum absolute atomic E-state index is 0.0983. The maximum absolute atomic E-state index is 13.2. The molecule has 146 valence electrons. The van der Waals surface area contributed by atoms with Gasteiger partial charge in [0.2, 0.25) is 15.9 Å². The van der Waals surface area contributed by atoms with Crippen molar-refractivity contribution in [1.82, 2.24) is 9.62 Å². The summed E-state index contributed by atoms with van der Waals surface area (Å²) in [5.74, 6) is -0.215. The van der Waals surface area contributed by atoms with Crippen LogP contribution in [0.2, 0.25) is 0 Å². The van der Waals surface area contributed by atoms with Gasteiger partial charge in [0, 0.05) is 17.1 Å². The molecule has 0 spiro atoms. The Morgan fingerprint density at radius 2 is 1.81 bits per heavy atom. The van der Waals surface area contributed by atoms with Crippen LogP contribution in [0.1, 0.15) is 58.3 Å². The second-order valence-corrected chi connectivity index (χ2v) is 9.66. The van der Waals surface area contributed by atoms with Crippen molar-refractivity contribution in [2.75, 3.05) is 13.1 Å². The molecule has 1 aromatic carbocycles. The largest absolute Gasteiger partial charge is 0.355 e. The molecule has 0 aromatic heterocycles. The van der Waals surface area contributed by atoms with Crippen LogP contribution in [0.15, 0.2) is 33.6 Å². The van der Waals surface area contributed by atoms with Gasteiger partial charge < -0.3 is 5.32 Å². The molecule has 7 heteroatoms. The molecule has 0 unspecified atom stereocenters. The molecule has 0 atom stereocenters. The first-order valence-corrected chi connectivity index (χ1v) is 11.7. The van der Waals surface area contributed by atoms with E-state index in [0.29, 0.717) is 6.54 Å². The van der Waals surface area contributed by atoms with E-state index in [9.17, 15) is 13.2 Å². The molecular formula is C19H29BrN2O3S. The summed E-state index contributed by atoms with van der Waals surface area (Å²) < 4.78 is 28.6. The number of unbranched alkanes of at least 4 members (excludes halogenated alkanes) is 2. The van der Waals surface area contributed by atoms with Crippen LogP contribution in [0, 0.1) is 0 Å². The predicted octanol–water partition coefficient (Wildman–Crippen LogP) is 4.08. The highest BCUT2D eigenvalue weighted by atomic mass is 79.9. The van der Waals surface area contributed by atoms with Gasteiger partial charge >= 0.3 is 0 Å². The average Bonchev–Trinajstić information content (AvgIpc) is 2.64. The number of benzene rings is 1. The Kier molecular flexibility index (Phi) is 8.57. The van der Waals surface area contributed by atoms with Gasteiger partial charge in [-0.15, -0.1) is 0 Å². The van der Waals surface area contributed by atoms with Gasteiger partial charge in [0.25, 0.3) is 0 Å². The van der Waals surface area contributed by atoms with Crippen molar-refractivity contribution in [1.29, 1.82) is 0 Å². The highest BCUT2D eigenvalue weighted by molar-refractivity contribution is 9.10. The summed E-state index contributed by atoms with van der Waals surface area (Å²) in [6.45, 7) is 2.61. The third-order valence-electron chi connectivity index (χ3n) is 4.80. The number of nitrogens with one attached hydrogen (secondary N) is 1. The number of hydrogen-bond acceptors (Lipinski definition) is 3. The Hall–Kier alpha value is -0.920. The van der Waals surface area contributed by atoms with E-state index >= 15 is 0 Å². The quantitative estimate of drug-likeness (QED) is 0.583. The second kappa shape index (κ2) is 10.4. The van der Waals surface area contributed by atoms with E-state index in [1.165, 1.54) is 4.31 Å². The Bertz CT molecular complexity index is 671. The molecule has 1 saturated carbocycles. The molecule has 0 saturated heterocycles. The fraction of sp³-hybridized carbons (Fsp3) is 0.632. The highest BCUT2D eigenvalue weighted by Gasteiger charge is 2.33. The lowest BCUT2D eigenvalue weighted by molar-refractivity contribution is -0.121. The number of halogens is 1. The van der Waals surface area contributed by atoms with Crippen LogP contribution in [-0.2, 0) is 14.8 Å². The molecule has 0 radical (unpaired) electrons. The third kappa shape index (κ3) is 6.06. The number of hydrogen-bond donors (Lipinski definition) is 1. The summed E-state index contributed by atoms with van der Waals surface area (Å²) >= 11 is 3.33. The molecule has 1 aliphatic carbocycles. The molecule has 0 aliphatic heterocycles. The van der Waals surface area contributed by atoms with E-state index in [0.717, 1.165) is 55.8 Å². The molecule has 0 heterocycles. The van der Waals surface area contributed by atoms with Gasteiger partial charge in [0.05, 0.1) is 11.4 Å². The van der Waals surface area contributed by atoms with Gasteiger partial charge in [-0.25, -0.2) is 8.42 Å². The molecule has 1 fully saturated rings. The molecule has 1 N–H and O–H groups in total. The number of carbonyl (C=O) groups is 1. The summed E-state index contributed by atoms with van der Waals surface area (Å²) in [5.41, 5.74) is 0. The van der Waals surface area contributed by atoms with Gasteiger partial charge in [0.1, 0.15) is 0 Å². The Balaban J connectivity index is 2.14. The smallest absolute Gasteiger partial charge is 0.243 e. The minimum atomic E-state index is -3.70. The summed E-state index contributed by atoms with van der Waals surface area (Å²) in [5, 5.41) is 2.87. The van der Waals surface area contributed by atoms with Gasteiger partial charge in [-0.1, -0.05) is 55.0 Å². The van der Waals surface area contributed by atoms with Crippen molar-refractivity contribution in [3.8, 4) is 0 Å². The first kappa shape index (κ1) is 21.4. The van der Waals surface area contributed by atoms with Crippen molar-refractivity contribution in [2.45, 2.75) is 69.2 Å². The van der Waals surface area contributed by atoms with Crippen LogP contribution < -0.4 is 5.32 Å². The topological polar surface area (TPSA) is 66.5 Å². The lowest BCUT2D eigenvalue weighted by Gasteiger charge is -2.33. The number of sulfonamides is 1. The maximum atomic E-state index is 13.2. The number of rotatable bonds is 9. The van der Waals surface area contributed by atoms with Gasteiger partial charge in [-0.2, -0.15) is 4.31 Å². The van der Waals surface area contributed by atoms with E-state index in [2.05, 4.69) is 28.2 Å². The lowest BCUT2D eigenvalue weighted by atomic mass is 9.95. The van der Waals surface area contributed by atoms with Crippen molar-refractivity contribution in [3.05, 3.63) is 28.7 Å². The monoisotopic (exact) mass is 444 g/mol. The van der Waals surface area contributed by atoms with Gasteiger partial charge in [0.15, 0.2) is 0 Å². The normalized spacial score (nSPS) is 16.0. The highest BCUT2D eigenvalue weighted by Crippen LogP contribution is 2.28. The van der Waals surface area contributed by atoms with Crippen molar-refractivity contribution >= 4 is 31.9 Å². The van der Waals surface area contributed by atoms with E-state index in [4.69, 9.17) is 0 Å². The van der Waals surface area contributed by atoms with Gasteiger partial charge in [-0.3, -0.25) is 4.79 Å². The second-order valence-electron chi connectivity index (χ2n) is 6.85. The van der Waals surface area contributed by atoms with Crippen LogP contribution in [0.3, 0.4) is 0 Å². The molecule has 2 rings (SSSR count). The minimum Gasteiger partial charge on any atom is -0.355 e. The zero-order valence-electron chi connectivity index (χ0n) is 15.4. The zero-order chi connectivity index (χ0) is 19.0. The number of carbonyl (C=O) groups excluding carboxylic acids is 1. The molecule has 1 aromatic rings. The fourth-order valence-corrected chi connectivity index (χ4v) is 5.23. The SMILES string of the molecule is CCCCCNC(=O)CN(C1CCCCC1)S(=O)(=O)c1ccc(Br)cc1. The van der Waals surface area contributed by atoms with Crippen LogP contribution >= 0.6 is 15.9 Å². The molecule has 1 amide bonds. The van der Waals surface area contributed by atoms with E-state index < -0.39 is 10.0 Å². The van der Waals surface area contributed by atoms with Crippen LogP contribution in [0.5, 0.6) is 0 Å². The Morgan fingerprint density at radius 3 is 2.42 bits per heavy atom. The summed E-state index contributed by atoms with van der Waals surface area (Å²) in [6.07, 6.45) is 7.85. The molecule has 26 heavy (non-hydrogen) atoms. The number of nitrogens with zero attached hydrogens (tertiary/aromatic N) is 1. The van der Waals surface area contributed by atoms with Crippen molar-refractivity contribution < 1.29 is 13.2 Å². The lowest BCUT2D eigenvalue weighted by Crippen LogP contribution is -2.47.